The van der Waals surface area contributed by atoms with Gasteiger partial charge in [0, 0.05) is 237 Å². The number of ether oxygens (including phenoxy) is 25. The van der Waals surface area contributed by atoms with Gasteiger partial charge in [-0.15, -0.1) is 0 Å². The molecule has 27 fully saturated rings. The van der Waals surface area contributed by atoms with Crippen molar-refractivity contribution in [3.63, 3.8) is 0 Å². The van der Waals surface area contributed by atoms with E-state index in [4.69, 9.17) is 118 Å². The van der Waals surface area contributed by atoms with Crippen LogP contribution in [0.5, 0.6) is 0 Å². The molecule has 0 aromatic heterocycles. The molecule has 0 amide bonds. The second kappa shape index (κ2) is 50.2. The molecule has 5 spiro atoms. The summed E-state index contributed by atoms with van der Waals surface area (Å²) in [6, 6.07) is 11.6. The molecule has 43 heteroatoms. The Kier molecular flexibility index (Phi) is 38.2. The fourth-order valence-electron chi connectivity index (χ4n) is 30.3. The molecule has 0 N–H and O–H groups in total. The lowest BCUT2D eigenvalue weighted by Crippen LogP contribution is -2.45. The van der Waals surface area contributed by atoms with Crippen LogP contribution in [0.1, 0.15) is 193 Å². The minimum absolute atomic E-state index is 0.00145. The molecule has 27 aliphatic rings. The summed E-state index contributed by atoms with van der Waals surface area (Å²) in [5.41, 5.74) is -0.604. The maximum absolute atomic E-state index is 11.9. The normalized spacial score (nSPS) is 44.6. The Morgan fingerprint density at radius 1 is 0.293 bits per heavy atom. The predicted octanol–water partition coefficient (Wildman–Crippen LogP) is -0.535. The highest BCUT2D eigenvalue weighted by molar-refractivity contribution is 6.10. The van der Waals surface area contributed by atoms with Gasteiger partial charge in [-0.2, -0.15) is 0 Å². The van der Waals surface area contributed by atoms with Crippen LogP contribution in [0.2, 0.25) is 54.4 Å². The lowest BCUT2D eigenvalue weighted by atomic mass is 9.71. The van der Waals surface area contributed by atoms with E-state index in [2.05, 4.69) is 0 Å². The smallest absolute Gasteiger partial charge is 0.315 e. The van der Waals surface area contributed by atoms with Crippen LogP contribution < -0.4 is 0 Å². The summed E-state index contributed by atoms with van der Waals surface area (Å²) >= 11 is 0. The minimum atomic E-state index is -0.367. The third kappa shape index (κ3) is 23.6. The van der Waals surface area contributed by atoms with Crippen LogP contribution in [0, 0.1) is 86.3 Å². The molecule has 4 saturated carbocycles. The van der Waals surface area contributed by atoms with Gasteiger partial charge in [0.2, 0.25) is 0 Å². The second-order valence-electron chi connectivity index (χ2n) is 47.7. The van der Waals surface area contributed by atoms with E-state index >= 15 is 0 Å². The first-order chi connectivity index (χ1) is 71.5. The second-order valence-corrected chi connectivity index (χ2v) is 56.7. The molecule has 18 bridgehead atoms. The Balaban J connectivity index is 0.000000104. The lowest BCUT2D eigenvalue weighted by Gasteiger charge is -2.36. The number of carbonyl (C=O) groups is 9. The Morgan fingerprint density at radius 2 is 0.762 bits per heavy atom. The molecule has 147 heavy (non-hydrogen) atoms. The summed E-state index contributed by atoms with van der Waals surface area (Å²) in [4.78, 5) is 104. The maximum Gasteiger partial charge on any atom is 0.315 e. The fraction of sp³-hybridized carbons (Fsp3) is 0.913. The van der Waals surface area contributed by atoms with Crippen molar-refractivity contribution in [3.8, 4) is 0 Å². The molecular formula is C104H172O34Si9. The van der Waals surface area contributed by atoms with Gasteiger partial charge >= 0.3 is 53.7 Å². The minimum Gasteiger partial charge on any atom is -0.465 e. The van der Waals surface area contributed by atoms with E-state index < -0.39 is 0 Å². The molecule has 40 unspecified atom stereocenters. The zero-order chi connectivity index (χ0) is 102. The van der Waals surface area contributed by atoms with Crippen LogP contribution in [0.3, 0.4) is 0 Å². The Morgan fingerprint density at radius 3 is 1.30 bits per heavy atom. The highest BCUT2D eigenvalue weighted by Crippen LogP contribution is 2.63. The van der Waals surface area contributed by atoms with Crippen molar-refractivity contribution < 1.29 is 162 Å². The first-order valence-corrected chi connectivity index (χ1v) is 70.9. The van der Waals surface area contributed by atoms with E-state index in [-0.39, 0.29) is 257 Å². The van der Waals surface area contributed by atoms with E-state index in [1.807, 2.05) is 0 Å². The van der Waals surface area contributed by atoms with E-state index in [0.29, 0.717) is 95.3 Å². The molecule has 34 nitrogen and oxygen atoms in total. The van der Waals surface area contributed by atoms with Crippen molar-refractivity contribution in [3.05, 3.63) is 0 Å². The van der Waals surface area contributed by atoms with Crippen LogP contribution in [0.15, 0.2) is 0 Å². The van der Waals surface area contributed by atoms with Crippen molar-refractivity contribution in [1.29, 1.82) is 0 Å². The van der Waals surface area contributed by atoms with E-state index in [0.717, 1.165) is 200 Å². The number of carbonyl (C=O) groups excluding carboxylic acids is 9. The van der Waals surface area contributed by atoms with Gasteiger partial charge in [-0.25, -0.2) is 0 Å². The Hall–Kier alpha value is -3.46. The van der Waals surface area contributed by atoms with Crippen molar-refractivity contribution in [2.24, 2.45) is 86.3 Å². The lowest BCUT2D eigenvalue weighted by molar-refractivity contribution is -0.152. The molecule has 27 rings (SSSR count). The van der Waals surface area contributed by atoms with Crippen LogP contribution in [-0.2, 0) is 162 Å². The quantitative estimate of drug-likeness (QED) is 0.0329. The van der Waals surface area contributed by atoms with Gasteiger partial charge in [-0.05, 0) is 140 Å². The number of hydrogen-bond donors (Lipinski definition) is 0. The summed E-state index contributed by atoms with van der Waals surface area (Å²) in [5.74, 6) is 2.82. The highest BCUT2D eigenvalue weighted by atomic mass is 28.2. The number of hydrogen-bond acceptors (Lipinski definition) is 34. The average Bonchev–Trinajstić information content (AvgIpc) is 1.57. The van der Waals surface area contributed by atoms with Gasteiger partial charge in [0.15, 0.2) is 6.10 Å². The molecule has 0 aromatic rings. The predicted molar refractivity (Wildman–Crippen MR) is 563 cm³/mol. The van der Waals surface area contributed by atoms with Gasteiger partial charge in [0.25, 0.3) is 0 Å². The molecule has 4 aliphatic carbocycles. The molecule has 0 aromatic carbocycles. The average molecular weight is 2220 g/mol. The molecule has 40 atom stereocenters. The van der Waals surface area contributed by atoms with Crippen molar-refractivity contribution in [2.45, 2.75) is 400 Å². The Labute approximate surface area is 893 Å². The van der Waals surface area contributed by atoms with Gasteiger partial charge < -0.3 is 118 Å². The summed E-state index contributed by atoms with van der Waals surface area (Å²) in [5, 5.41) is 0. The number of rotatable bonds is 36. The molecule has 23 aliphatic heterocycles. The van der Waals surface area contributed by atoms with Crippen molar-refractivity contribution >= 4 is 146 Å². The monoisotopic (exact) mass is 2220 g/mol. The summed E-state index contributed by atoms with van der Waals surface area (Å²) in [6.07, 6.45) is 32.9. The summed E-state index contributed by atoms with van der Waals surface area (Å²) in [7, 11) is 11.2. The third-order valence-electron chi connectivity index (χ3n) is 38.0. The highest BCUT2D eigenvalue weighted by Gasteiger charge is 2.71. The zero-order valence-corrected chi connectivity index (χ0v) is 107. The van der Waals surface area contributed by atoms with Gasteiger partial charge in [-0.3, -0.25) is 43.2 Å². The first-order valence-electron chi connectivity index (χ1n) is 58.1. The molecule has 828 valence electrons. The molecule has 0 radical (unpaired) electrons. The van der Waals surface area contributed by atoms with Crippen LogP contribution in [-0.4, -0.2) is 404 Å². The third-order valence-corrected chi connectivity index (χ3v) is 44.4. The largest absolute Gasteiger partial charge is 0.465 e. The van der Waals surface area contributed by atoms with Gasteiger partial charge in [0.1, 0.15) is 43.0 Å². The van der Waals surface area contributed by atoms with Crippen molar-refractivity contribution in [1.82, 2.24) is 0 Å². The van der Waals surface area contributed by atoms with Gasteiger partial charge in [-0.1, -0.05) is 54.4 Å². The molecular weight excluding hydrogens is 2050 g/mol. The Bertz CT molecular complexity index is 4350. The number of cyclic esters (lactones) is 7. The maximum atomic E-state index is 11.9. The van der Waals surface area contributed by atoms with E-state index in [1.54, 1.807) is 0 Å². The number of fused-ring (bicyclic) bond motifs is 27. The fourth-order valence-corrected chi connectivity index (χ4v) is 32.9. The molecule has 23 saturated heterocycles. The van der Waals surface area contributed by atoms with Crippen LogP contribution >= 0.6 is 0 Å². The van der Waals surface area contributed by atoms with E-state index in [1.165, 1.54) is 185 Å². The topological polar surface area (TPSA) is 384 Å². The summed E-state index contributed by atoms with van der Waals surface area (Å²) < 4.78 is 141. The SMILES string of the molecule is O=C1CC2(CO1)CC1CC(OCCC[SiH3])C2C1.O=C1CC2(CO1)CC1CC(OCCC[SiH3])C2O1.O=C1CC2(CO1)CC1OC2CC1OCCC[SiH3].O=C1OC2C(OCCC[SiH3])C3CC1C2O3.O=C1OC2C3CC(CC13)C2OCCC[SiH3].O=C1OCC2C3CC(OCCC[SiH3])C(O3)C12.O=C1OCC2C3OC(CC3OCCC[SiH3])C12.O=C1OCCC12CC1CC(OCCC[SiH3])C2O1.O=C1OCCC12CC1OC2CC1OCCC[SiH3]. The van der Waals surface area contributed by atoms with E-state index in [9.17, 15) is 43.2 Å². The van der Waals surface area contributed by atoms with Gasteiger partial charge in [0.05, 0.1) is 203 Å². The molecule has 23 heterocycles. The standard InChI is InChI=1S/C13H22O3Si.4C12H20O4Si.2C11H18O4Si.C11H18O3Si.C10H16O4Si/c14-12-7-13(8-16-12)6-9-4-10(13)11(5-9)15-2-1-3-17;13-11-12(2-4-15-11)7-9-8(6-10(12)16-9)14-3-1-5-17;13-11-12(2-4-15-11)7-8-6-9(10(12)16-8)14-3-1-5-17;13-11-6-12(7-15-11)5-9-8(4-10(12)16-9)14-2-1-3-17;13-10-6-12(7-15-10)5-8-4-9(11(12)16-8)14-2-1-3-17;12-11-9-6(5-14-11)10-8(4-7(9)15-10)13-2-1-3-16;12-11-9-6(5-14-11)7-4-8(10(9)15-7)13-2-1-3-16;12-11-8-5-6-4-7(8)10(14-11)9(6)13-2-1-3-15;11-10-5-4-6-8(12-2-1-3-15)9(14-10)7(5)13-6/h9-11H,1-8H2,17H3;3*8-10H,1-7H2,17H3;8-9,11H,1-7H2,17H3;2*6-10H,1-5H2,16H3;6-10H,1-5H2,15H3;5-9H,1-4H2,15H3. The first kappa shape index (κ1) is 112. The zero-order valence-electron chi connectivity index (χ0n) is 89.0. The van der Waals surface area contributed by atoms with Crippen LogP contribution in [0.4, 0.5) is 0 Å². The van der Waals surface area contributed by atoms with Crippen LogP contribution in [0.25, 0.3) is 0 Å². The number of esters is 9. The van der Waals surface area contributed by atoms with Crippen molar-refractivity contribution in [2.75, 3.05) is 106 Å². The summed E-state index contributed by atoms with van der Waals surface area (Å²) in [6.45, 7) is 11.5.